The molecule has 0 aliphatic carbocycles. The summed E-state index contributed by atoms with van der Waals surface area (Å²) in [4.78, 5) is 26.4. The van der Waals surface area contributed by atoms with Crippen molar-refractivity contribution in [3.8, 4) is 11.1 Å². The standard InChI is InChI=1S/C18H18N4O4/c1-10-13(9-14(19)18(23)24)17-15(21(10)2)7-12(8-16(17)22(25)26)11-3-5-20-6-4-11/h3-8,14H,9,19H2,1-2H3,(H,23,24). The predicted molar refractivity (Wildman–Crippen MR) is 96.9 cm³/mol. The van der Waals surface area contributed by atoms with Crippen LogP contribution in [0.25, 0.3) is 22.0 Å². The fraction of sp³-hybridized carbons (Fsp3) is 0.222. The highest BCUT2D eigenvalue weighted by atomic mass is 16.6. The van der Waals surface area contributed by atoms with Gasteiger partial charge in [-0.25, -0.2) is 0 Å². The van der Waals surface area contributed by atoms with Crippen LogP contribution in [0.2, 0.25) is 0 Å². The molecule has 8 nitrogen and oxygen atoms in total. The molecule has 134 valence electrons. The van der Waals surface area contributed by atoms with Crippen molar-refractivity contribution in [1.82, 2.24) is 9.55 Å². The molecule has 0 radical (unpaired) electrons. The summed E-state index contributed by atoms with van der Waals surface area (Å²) in [6.07, 6.45) is 3.27. The minimum absolute atomic E-state index is 0.0218. The second-order valence-electron chi connectivity index (χ2n) is 6.15. The molecular weight excluding hydrogens is 336 g/mol. The second-order valence-corrected chi connectivity index (χ2v) is 6.15. The Kier molecular flexibility index (Phi) is 4.43. The van der Waals surface area contributed by atoms with E-state index in [-0.39, 0.29) is 12.1 Å². The van der Waals surface area contributed by atoms with Crippen LogP contribution in [0.3, 0.4) is 0 Å². The van der Waals surface area contributed by atoms with E-state index < -0.39 is 16.9 Å². The predicted octanol–water partition coefficient (Wildman–Crippen LogP) is 2.41. The van der Waals surface area contributed by atoms with Crippen LogP contribution in [0.5, 0.6) is 0 Å². The summed E-state index contributed by atoms with van der Waals surface area (Å²) in [7, 11) is 1.80. The zero-order chi connectivity index (χ0) is 19.0. The number of aryl methyl sites for hydroxylation is 1. The average molecular weight is 354 g/mol. The van der Waals surface area contributed by atoms with Crippen LogP contribution in [0.4, 0.5) is 5.69 Å². The molecule has 1 atom stereocenters. The first-order valence-corrected chi connectivity index (χ1v) is 7.96. The van der Waals surface area contributed by atoms with Crippen LogP contribution >= 0.6 is 0 Å². The van der Waals surface area contributed by atoms with Crippen LogP contribution in [-0.2, 0) is 18.3 Å². The fourth-order valence-corrected chi connectivity index (χ4v) is 3.16. The lowest BCUT2D eigenvalue weighted by Gasteiger charge is -2.07. The summed E-state index contributed by atoms with van der Waals surface area (Å²) in [5.74, 6) is -1.14. The number of nitro groups is 1. The largest absolute Gasteiger partial charge is 0.480 e. The Morgan fingerprint density at radius 3 is 2.58 bits per heavy atom. The number of aliphatic carboxylic acids is 1. The van der Waals surface area contributed by atoms with Crippen LogP contribution in [-0.4, -0.2) is 31.6 Å². The van der Waals surface area contributed by atoms with Crippen molar-refractivity contribution in [2.45, 2.75) is 19.4 Å². The molecule has 26 heavy (non-hydrogen) atoms. The molecule has 8 heteroatoms. The number of nitrogens with two attached hydrogens (primary N) is 1. The summed E-state index contributed by atoms with van der Waals surface area (Å²) in [6.45, 7) is 1.81. The SMILES string of the molecule is Cc1c(CC(N)C(=O)O)c2c([N+](=O)[O-])cc(-c3ccncc3)cc2n1C. The lowest BCUT2D eigenvalue weighted by Crippen LogP contribution is -2.32. The second kappa shape index (κ2) is 6.57. The number of hydrogen-bond donors (Lipinski definition) is 2. The molecule has 0 saturated heterocycles. The van der Waals surface area contributed by atoms with E-state index in [1.807, 2.05) is 10.6 Å². The molecule has 0 saturated carbocycles. The average Bonchev–Trinajstić information content (AvgIpc) is 2.86. The summed E-state index contributed by atoms with van der Waals surface area (Å²) >= 11 is 0. The van der Waals surface area contributed by atoms with Crippen LogP contribution < -0.4 is 5.73 Å². The third kappa shape index (κ3) is 2.91. The summed E-state index contributed by atoms with van der Waals surface area (Å²) in [5.41, 5.74) is 9.13. The maximum Gasteiger partial charge on any atom is 0.320 e. The Balaban J connectivity index is 2.30. The van der Waals surface area contributed by atoms with Gasteiger partial charge in [0.15, 0.2) is 0 Å². The van der Waals surface area contributed by atoms with Crippen LogP contribution in [0.15, 0.2) is 36.7 Å². The van der Waals surface area contributed by atoms with Gasteiger partial charge in [-0.3, -0.25) is 19.9 Å². The number of carbonyl (C=O) groups is 1. The Labute approximate surface area is 149 Å². The maximum atomic E-state index is 11.7. The number of aromatic nitrogens is 2. The quantitative estimate of drug-likeness (QED) is 0.535. The van der Waals surface area contributed by atoms with Gasteiger partial charge in [0.05, 0.1) is 15.8 Å². The monoisotopic (exact) mass is 354 g/mol. The van der Waals surface area contributed by atoms with Crippen molar-refractivity contribution in [3.63, 3.8) is 0 Å². The number of non-ortho nitro benzene ring substituents is 1. The molecule has 3 aromatic rings. The van der Waals surface area contributed by atoms with Gasteiger partial charge in [0, 0.05) is 37.6 Å². The number of nitrogens with zero attached hydrogens (tertiary/aromatic N) is 3. The number of hydrogen-bond acceptors (Lipinski definition) is 5. The molecule has 0 aliphatic heterocycles. The van der Waals surface area contributed by atoms with Crippen molar-refractivity contribution in [2.24, 2.45) is 12.8 Å². The molecule has 0 bridgehead atoms. The Hall–Kier alpha value is -3.26. The lowest BCUT2D eigenvalue weighted by molar-refractivity contribution is -0.383. The van der Waals surface area contributed by atoms with Crippen LogP contribution in [0, 0.1) is 17.0 Å². The van der Waals surface area contributed by atoms with E-state index in [0.29, 0.717) is 22.0 Å². The van der Waals surface area contributed by atoms with Crippen molar-refractivity contribution in [2.75, 3.05) is 0 Å². The third-order valence-electron chi connectivity index (χ3n) is 4.65. The van der Waals surface area contributed by atoms with Gasteiger partial charge in [-0.05, 0) is 41.8 Å². The highest BCUT2D eigenvalue weighted by molar-refractivity contribution is 5.97. The lowest BCUT2D eigenvalue weighted by atomic mass is 9.99. The Morgan fingerprint density at radius 1 is 1.35 bits per heavy atom. The van der Waals surface area contributed by atoms with Crippen molar-refractivity contribution < 1.29 is 14.8 Å². The maximum absolute atomic E-state index is 11.7. The molecule has 0 fully saturated rings. The zero-order valence-corrected chi connectivity index (χ0v) is 14.3. The third-order valence-corrected chi connectivity index (χ3v) is 4.65. The van der Waals surface area contributed by atoms with Gasteiger partial charge >= 0.3 is 5.97 Å². The van der Waals surface area contributed by atoms with Gasteiger partial charge in [0.25, 0.3) is 5.69 Å². The molecule has 3 N–H and O–H groups in total. The van der Waals surface area contributed by atoms with Gasteiger partial charge < -0.3 is 15.4 Å². The number of benzene rings is 1. The Bertz CT molecular complexity index is 1010. The van der Waals surface area contributed by atoms with Gasteiger partial charge in [0.1, 0.15) is 6.04 Å². The summed E-state index contributed by atoms with van der Waals surface area (Å²) in [5, 5.41) is 21.3. The number of rotatable bonds is 5. The van der Waals surface area contributed by atoms with Crippen molar-refractivity contribution >= 4 is 22.6 Å². The molecule has 3 rings (SSSR count). The van der Waals surface area contributed by atoms with Gasteiger partial charge in [-0.15, -0.1) is 0 Å². The minimum Gasteiger partial charge on any atom is -0.480 e. The van der Waals surface area contributed by atoms with E-state index in [4.69, 9.17) is 10.8 Å². The first kappa shape index (κ1) is 17.6. The molecular formula is C18H18N4O4. The van der Waals surface area contributed by atoms with Gasteiger partial charge in [0.2, 0.25) is 0 Å². The molecule has 2 heterocycles. The summed E-state index contributed by atoms with van der Waals surface area (Å²) in [6, 6.07) is 5.80. The molecule has 0 amide bonds. The zero-order valence-electron chi connectivity index (χ0n) is 14.3. The summed E-state index contributed by atoms with van der Waals surface area (Å²) < 4.78 is 1.83. The van der Waals surface area contributed by atoms with E-state index in [2.05, 4.69) is 4.98 Å². The molecule has 2 aromatic heterocycles. The topological polar surface area (TPSA) is 124 Å². The van der Waals surface area contributed by atoms with Gasteiger partial charge in [-0.2, -0.15) is 0 Å². The normalized spacial score (nSPS) is 12.3. The van der Waals surface area contributed by atoms with E-state index >= 15 is 0 Å². The number of carboxylic acid groups (broad SMARTS) is 1. The smallest absolute Gasteiger partial charge is 0.320 e. The first-order valence-electron chi connectivity index (χ1n) is 7.96. The van der Waals surface area contributed by atoms with E-state index in [1.165, 1.54) is 6.07 Å². The highest BCUT2D eigenvalue weighted by Gasteiger charge is 2.25. The number of nitro benzene ring substituents is 1. The number of carboxylic acids is 1. The molecule has 0 aliphatic rings. The number of pyridine rings is 1. The van der Waals surface area contributed by atoms with Crippen LogP contribution in [0.1, 0.15) is 11.3 Å². The van der Waals surface area contributed by atoms with E-state index in [9.17, 15) is 14.9 Å². The fourth-order valence-electron chi connectivity index (χ4n) is 3.16. The van der Waals surface area contributed by atoms with E-state index in [1.54, 1.807) is 38.5 Å². The molecule has 1 aromatic carbocycles. The molecule has 1 unspecified atom stereocenters. The van der Waals surface area contributed by atoms with E-state index in [0.717, 1.165) is 11.3 Å². The van der Waals surface area contributed by atoms with Crippen molar-refractivity contribution in [3.05, 3.63) is 58.0 Å². The first-order chi connectivity index (χ1) is 12.3. The van der Waals surface area contributed by atoms with Crippen molar-refractivity contribution in [1.29, 1.82) is 0 Å². The van der Waals surface area contributed by atoms with Gasteiger partial charge in [-0.1, -0.05) is 0 Å². The Morgan fingerprint density at radius 2 is 2.00 bits per heavy atom. The minimum atomic E-state index is -1.14. The highest BCUT2D eigenvalue weighted by Crippen LogP contribution is 2.37. The molecule has 0 spiro atoms. The number of fused-ring (bicyclic) bond motifs is 1.